The lowest BCUT2D eigenvalue weighted by Crippen LogP contribution is -2.35. The number of rotatable bonds is 9. The van der Waals surface area contributed by atoms with Crippen LogP contribution < -0.4 is 10.1 Å². The van der Waals surface area contributed by atoms with Gasteiger partial charge in [-0.15, -0.1) is 0 Å². The normalized spacial score (nSPS) is 15.0. The van der Waals surface area contributed by atoms with E-state index >= 15 is 0 Å². The molecule has 1 heterocycles. The second-order valence-electron chi connectivity index (χ2n) is 8.03. The second-order valence-corrected chi connectivity index (χ2v) is 10.4. The van der Waals surface area contributed by atoms with Crippen molar-refractivity contribution in [3.05, 3.63) is 53.1 Å². The highest BCUT2D eigenvalue weighted by Crippen LogP contribution is 2.25. The molecule has 1 saturated heterocycles. The third-order valence-electron chi connectivity index (χ3n) is 5.40. The first-order valence-corrected chi connectivity index (χ1v) is 12.5. The van der Waals surface area contributed by atoms with Crippen LogP contribution in [0.25, 0.3) is 0 Å². The van der Waals surface area contributed by atoms with Crippen LogP contribution in [0.1, 0.15) is 24.8 Å². The Balaban J connectivity index is 1.54. The molecule has 0 radical (unpaired) electrons. The van der Waals surface area contributed by atoms with E-state index in [1.165, 1.54) is 4.31 Å². The number of nitrogens with zero attached hydrogens (tertiary/aromatic N) is 2. The van der Waals surface area contributed by atoms with Crippen molar-refractivity contribution >= 4 is 33.2 Å². The molecule has 9 heteroatoms. The van der Waals surface area contributed by atoms with Crippen LogP contribution in [0.15, 0.2) is 47.4 Å². The maximum atomic E-state index is 13.0. The molecule has 0 aromatic heterocycles. The number of hydrogen-bond acceptors (Lipinski definition) is 5. The van der Waals surface area contributed by atoms with Gasteiger partial charge in [0.2, 0.25) is 15.9 Å². The van der Waals surface area contributed by atoms with E-state index in [9.17, 15) is 13.2 Å². The van der Waals surface area contributed by atoms with Crippen LogP contribution in [-0.4, -0.2) is 63.4 Å². The number of nitrogens with one attached hydrogen (secondary N) is 1. The maximum Gasteiger partial charge on any atom is 0.243 e. The molecule has 1 aliphatic rings. The smallest absolute Gasteiger partial charge is 0.243 e. The summed E-state index contributed by atoms with van der Waals surface area (Å²) in [6.45, 7) is 4.07. The summed E-state index contributed by atoms with van der Waals surface area (Å²) in [6, 6.07) is 12.0. The predicted molar refractivity (Wildman–Crippen MR) is 127 cm³/mol. The van der Waals surface area contributed by atoms with Crippen molar-refractivity contribution in [2.45, 2.75) is 31.1 Å². The summed E-state index contributed by atoms with van der Waals surface area (Å²) in [7, 11) is -1.73. The first kappa shape index (κ1) is 24.5. The van der Waals surface area contributed by atoms with Crippen molar-refractivity contribution in [2.24, 2.45) is 0 Å². The van der Waals surface area contributed by atoms with Crippen LogP contribution >= 0.6 is 11.6 Å². The molecule has 0 aliphatic carbocycles. The quantitative estimate of drug-likeness (QED) is 0.592. The molecule has 2 aromatic carbocycles. The monoisotopic (exact) mass is 479 g/mol. The fourth-order valence-electron chi connectivity index (χ4n) is 3.51. The number of sulfonamides is 1. The zero-order chi connectivity index (χ0) is 23.1. The molecule has 1 N–H and O–H groups in total. The lowest BCUT2D eigenvalue weighted by molar-refractivity contribution is -0.117. The van der Waals surface area contributed by atoms with Crippen LogP contribution in [0.2, 0.25) is 5.02 Å². The van der Waals surface area contributed by atoms with Crippen molar-refractivity contribution in [1.82, 2.24) is 9.21 Å². The van der Waals surface area contributed by atoms with E-state index in [-0.39, 0.29) is 17.3 Å². The third kappa shape index (κ3) is 6.68. The summed E-state index contributed by atoms with van der Waals surface area (Å²) in [5.74, 6) is 0.504. The molecule has 174 valence electrons. The van der Waals surface area contributed by atoms with Crippen molar-refractivity contribution in [2.75, 3.05) is 45.2 Å². The van der Waals surface area contributed by atoms with E-state index in [4.69, 9.17) is 16.3 Å². The number of likely N-dealkylation sites (N-methyl/N-ethyl adjacent to an activating group) is 1. The van der Waals surface area contributed by atoms with Gasteiger partial charge in [0.15, 0.2) is 0 Å². The predicted octanol–water partition coefficient (Wildman–Crippen LogP) is 3.77. The van der Waals surface area contributed by atoms with Gasteiger partial charge in [-0.05, 0) is 68.8 Å². The first-order valence-electron chi connectivity index (χ1n) is 10.7. The van der Waals surface area contributed by atoms with Gasteiger partial charge in [0.25, 0.3) is 0 Å². The topological polar surface area (TPSA) is 79.0 Å². The van der Waals surface area contributed by atoms with Gasteiger partial charge in [0, 0.05) is 30.3 Å². The number of benzene rings is 2. The van der Waals surface area contributed by atoms with E-state index < -0.39 is 10.0 Å². The Bertz CT molecular complexity index is 1020. The lowest BCUT2D eigenvalue weighted by Gasteiger charge is -2.26. The molecule has 1 aliphatic heterocycles. The summed E-state index contributed by atoms with van der Waals surface area (Å²) >= 11 is 5.86. The second kappa shape index (κ2) is 11.1. The van der Waals surface area contributed by atoms with E-state index in [0.29, 0.717) is 37.0 Å². The van der Waals surface area contributed by atoms with Crippen molar-refractivity contribution < 1.29 is 17.9 Å². The minimum Gasteiger partial charge on any atom is -0.492 e. The number of ether oxygens (including phenoxy) is 1. The zero-order valence-electron chi connectivity index (χ0n) is 18.5. The Morgan fingerprint density at radius 3 is 2.50 bits per heavy atom. The van der Waals surface area contributed by atoms with Crippen molar-refractivity contribution in [3.8, 4) is 5.75 Å². The standard InChI is InChI=1S/C23H30ClN3O4S/c1-18-6-11-21(32(29,30)27-12-4-3-5-13-27)16-22(18)25-23(28)17-26(2)14-15-31-20-9-7-19(24)8-10-20/h6-11,16H,3-5,12-15,17H2,1-2H3,(H,25,28). The van der Waals surface area contributed by atoms with Gasteiger partial charge in [-0.3, -0.25) is 9.69 Å². The fraction of sp³-hybridized carbons (Fsp3) is 0.435. The largest absolute Gasteiger partial charge is 0.492 e. The molecule has 1 amide bonds. The van der Waals surface area contributed by atoms with Crippen LogP contribution in [-0.2, 0) is 14.8 Å². The van der Waals surface area contributed by atoms with E-state index in [1.54, 1.807) is 42.5 Å². The number of carbonyl (C=O) groups excluding carboxylic acids is 1. The Morgan fingerprint density at radius 1 is 1.12 bits per heavy atom. The molecule has 0 atom stereocenters. The van der Waals surface area contributed by atoms with Gasteiger partial charge in [0.05, 0.1) is 11.4 Å². The molecule has 0 saturated carbocycles. The van der Waals surface area contributed by atoms with Crippen molar-refractivity contribution in [1.29, 1.82) is 0 Å². The Morgan fingerprint density at radius 2 is 1.81 bits per heavy atom. The summed E-state index contributed by atoms with van der Waals surface area (Å²) in [5, 5.41) is 3.50. The zero-order valence-corrected chi connectivity index (χ0v) is 20.1. The van der Waals surface area contributed by atoms with E-state index in [0.717, 1.165) is 30.6 Å². The number of aryl methyl sites for hydroxylation is 1. The average Bonchev–Trinajstić information content (AvgIpc) is 2.77. The van der Waals surface area contributed by atoms with Gasteiger partial charge in [-0.2, -0.15) is 4.31 Å². The average molecular weight is 480 g/mol. The summed E-state index contributed by atoms with van der Waals surface area (Å²) in [4.78, 5) is 14.6. The number of piperidine rings is 1. The molecular formula is C23H30ClN3O4S. The molecule has 3 rings (SSSR count). The number of amides is 1. The molecule has 2 aromatic rings. The lowest BCUT2D eigenvalue weighted by atomic mass is 10.2. The van der Waals surface area contributed by atoms with Crippen LogP contribution in [0, 0.1) is 6.92 Å². The van der Waals surface area contributed by atoms with Gasteiger partial charge in [0.1, 0.15) is 12.4 Å². The Labute approximate surface area is 195 Å². The first-order chi connectivity index (χ1) is 15.3. The molecular weight excluding hydrogens is 450 g/mol. The van der Waals surface area contributed by atoms with Gasteiger partial charge in [-0.1, -0.05) is 24.1 Å². The molecule has 0 unspecified atom stereocenters. The molecule has 0 spiro atoms. The highest BCUT2D eigenvalue weighted by Gasteiger charge is 2.26. The van der Waals surface area contributed by atoms with Gasteiger partial charge < -0.3 is 10.1 Å². The summed E-state index contributed by atoms with van der Waals surface area (Å²) in [6.07, 6.45) is 2.81. The van der Waals surface area contributed by atoms with E-state index in [2.05, 4.69) is 5.32 Å². The molecule has 0 bridgehead atoms. The van der Waals surface area contributed by atoms with Gasteiger partial charge >= 0.3 is 0 Å². The maximum absolute atomic E-state index is 13.0. The molecule has 1 fully saturated rings. The third-order valence-corrected chi connectivity index (χ3v) is 7.55. The number of hydrogen-bond donors (Lipinski definition) is 1. The van der Waals surface area contributed by atoms with Crippen LogP contribution in [0.3, 0.4) is 0 Å². The Hall–Kier alpha value is -2.13. The van der Waals surface area contributed by atoms with Crippen LogP contribution in [0.5, 0.6) is 5.75 Å². The minimum atomic E-state index is -3.55. The summed E-state index contributed by atoms with van der Waals surface area (Å²) in [5.41, 5.74) is 1.32. The molecule has 7 nitrogen and oxygen atoms in total. The van der Waals surface area contributed by atoms with Crippen LogP contribution in [0.4, 0.5) is 5.69 Å². The number of halogens is 1. The number of anilines is 1. The van der Waals surface area contributed by atoms with E-state index in [1.807, 2.05) is 18.9 Å². The SMILES string of the molecule is Cc1ccc(S(=O)(=O)N2CCCCC2)cc1NC(=O)CN(C)CCOc1ccc(Cl)cc1. The number of carbonyl (C=O) groups is 1. The highest BCUT2D eigenvalue weighted by atomic mass is 35.5. The molecule has 32 heavy (non-hydrogen) atoms. The fourth-order valence-corrected chi connectivity index (χ4v) is 5.18. The van der Waals surface area contributed by atoms with Gasteiger partial charge in [-0.25, -0.2) is 8.42 Å². The van der Waals surface area contributed by atoms with Crippen molar-refractivity contribution in [3.63, 3.8) is 0 Å². The highest BCUT2D eigenvalue weighted by molar-refractivity contribution is 7.89. The minimum absolute atomic E-state index is 0.159. The Kier molecular flexibility index (Phi) is 8.53. The summed E-state index contributed by atoms with van der Waals surface area (Å²) < 4.78 is 33.1.